The first-order valence-electron chi connectivity index (χ1n) is 9.08. The molecule has 4 rings (SSSR count). The Kier molecular flexibility index (Phi) is 5.37. The summed E-state index contributed by atoms with van der Waals surface area (Å²) in [6, 6.07) is 8.43. The van der Waals surface area contributed by atoms with E-state index in [1.807, 2.05) is 0 Å². The molecule has 0 saturated carbocycles. The summed E-state index contributed by atoms with van der Waals surface area (Å²) < 4.78 is 66.7. The predicted octanol–water partition coefficient (Wildman–Crippen LogP) is 4.29. The van der Waals surface area contributed by atoms with Crippen LogP contribution in [0.1, 0.15) is 22.3 Å². The van der Waals surface area contributed by atoms with Crippen LogP contribution in [-0.2, 0) is 16.5 Å². The topological polar surface area (TPSA) is 110 Å². The lowest BCUT2D eigenvalue weighted by Crippen LogP contribution is -2.31. The van der Waals surface area contributed by atoms with Gasteiger partial charge in [0, 0.05) is 17.3 Å². The molecule has 1 aliphatic rings. The van der Waals surface area contributed by atoms with Crippen molar-refractivity contribution < 1.29 is 35.7 Å². The highest BCUT2D eigenvalue weighted by molar-refractivity contribution is 7.88. The average molecular weight is 488 g/mol. The standard InChI is InChI=1S/C19H13ClF3N3O5S/c20-12-4-6-15-10(8-12)2-1-7-26(15)16-17(31-32(29,30)19(21,22)23)25-13-5-3-11(18(27)28)9-14(13)24-16/h3-6,8-9H,1-2,7H2,(H,27,28). The van der Waals surface area contributed by atoms with Gasteiger partial charge in [0.1, 0.15) is 0 Å². The zero-order valence-corrected chi connectivity index (χ0v) is 17.5. The fourth-order valence-electron chi connectivity index (χ4n) is 3.33. The molecular formula is C19H13ClF3N3O5S. The van der Waals surface area contributed by atoms with Gasteiger partial charge in [-0.3, -0.25) is 0 Å². The van der Waals surface area contributed by atoms with Crippen molar-refractivity contribution in [3.63, 3.8) is 0 Å². The average Bonchev–Trinajstić information content (AvgIpc) is 2.71. The molecule has 0 spiro atoms. The predicted molar refractivity (Wildman–Crippen MR) is 109 cm³/mol. The number of aromatic carboxylic acids is 1. The molecule has 3 aromatic rings. The number of nitrogens with zero attached hydrogens (tertiary/aromatic N) is 3. The van der Waals surface area contributed by atoms with Gasteiger partial charge in [-0.1, -0.05) is 11.6 Å². The minimum atomic E-state index is -6.03. The maximum atomic E-state index is 13.0. The Morgan fingerprint density at radius 2 is 1.88 bits per heavy atom. The summed E-state index contributed by atoms with van der Waals surface area (Å²) in [6.45, 7) is 0.274. The Labute approximate surface area is 184 Å². The van der Waals surface area contributed by atoms with Crippen LogP contribution in [0.4, 0.5) is 24.7 Å². The van der Waals surface area contributed by atoms with Crippen LogP contribution in [0.5, 0.6) is 5.88 Å². The third kappa shape index (κ3) is 4.02. The number of aryl methyl sites for hydroxylation is 1. The monoisotopic (exact) mass is 487 g/mol. The highest BCUT2D eigenvalue weighted by Crippen LogP contribution is 2.40. The summed E-state index contributed by atoms with van der Waals surface area (Å²) in [6.07, 6.45) is 1.20. The number of carboxylic acid groups (broad SMARTS) is 1. The fraction of sp³-hybridized carbons (Fsp3) is 0.211. The molecule has 0 amide bonds. The molecule has 1 N–H and O–H groups in total. The van der Waals surface area contributed by atoms with E-state index < -0.39 is 27.5 Å². The van der Waals surface area contributed by atoms with E-state index in [4.69, 9.17) is 11.6 Å². The summed E-state index contributed by atoms with van der Waals surface area (Å²) in [5, 5.41) is 9.67. The van der Waals surface area contributed by atoms with E-state index in [9.17, 15) is 31.5 Å². The Bertz CT molecular complexity index is 1350. The lowest BCUT2D eigenvalue weighted by molar-refractivity contribution is -0.0501. The van der Waals surface area contributed by atoms with E-state index in [0.717, 1.165) is 5.56 Å². The Balaban J connectivity index is 1.94. The number of anilines is 2. The second-order valence-electron chi connectivity index (χ2n) is 6.87. The van der Waals surface area contributed by atoms with Crippen molar-refractivity contribution in [1.82, 2.24) is 9.97 Å². The van der Waals surface area contributed by atoms with E-state index in [0.29, 0.717) is 23.6 Å². The number of alkyl halides is 3. The minimum Gasteiger partial charge on any atom is -0.478 e. The third-order valence-corrected chi connectivity index (χ3v) is 5.93. The van der Waals surface area contributed by atoms with Crippen LogP contribution in [0.3, 0.4) is 0 Å². The van der Waals surface area contributed by atoms with Gasteiger partial charge in [0.05, 0.1) is 16.6 Å². The smallest absolute Gasteiger partial charge is 0.478 e. The van der Waals surface area contributed by atoms with Gasteiger partial charge in [0.15, 0.2) is 5.82 Å². The van der Waals surface area contributed by atoms with Crippen LogP contribution in [0.2, 0.25) is 5.02 Å². The second-order valence-corrected chi connectivity index (χ2v) is 8.85. The maximum absolute atomic E-state index is 13.0. The molecule has 0 atom stereocenters. The van der Waals surface area contributed by atoms with Gasteiger partial charge in [-0.15, -0.1) is 0 Å². The van der Waals surface area contributed by atoms with Gasteiger partial charge in [0.25, 0.3) is 5.88 Å². The van der Waals surface area contributed by atoms with E-state index in [1.165, 1.54) is 23.1 Å². The van der Waals surface area contributed by atoms with Gasteiger partial charge < -0.3 is 14.2 Å². The number of aromatic nitrogens is 2. The molecule has 32 heavy (non-hydrogen) atoms. The molecule has 2 heterocycles. The number of carboxylic acids is 1. The molecule has 0 radical (unpaired) electrons. The highest BCUT2D eigenvalue weighted by Gasteiger charge is 2.49. The minimum absolute atomic E-state index is 0.0396. The van der Waals surface area contributed by atoms with Gasteiger partial charge in [0.2, 0.25) is 0 Å². The summed E-state index contributed by atoms with van der Waals surface area (Å²) in [7, 11) is -6.03. The van der Waals surface area contributed by atoms with Crippen molar-refractivity contribution >= 4 is 50.2 Å². The first kappa shape index (κ1) is 22.1. The summed E-state index contributed by atoms with van der Waals surface area (Å²) in [5.41, 5.74) is -4.49. The van der Waals surface area contributed by atoms with E-state index >= 15 is 0 Å². The zero-order chi connectivity index (χ0) is 23.3. The van der Waals surface area contributed by atoms with Crippen molar-refractivity contribution in [3.05, 3.63) is 52.5 Å². The van der Waals surface area contributed by atoms with Crippen molar-refractivity contribution in [2.45, 2.75) is 18.3 Å². The summed E-state index contributed by atoms with van der Waals surface area (Å²) in [5.74, 6) is -2.41. The number of hydrogen-bond acceptors (Lipinski definition) is 7. The highest BCUT2D eigenvalue weighted by atomic mass is 35.5. The van der Waals surface area contributed by atoms with Crippen LogP contribution in [0.25, 0.3) is 11.0 Å². The van der Waals surface area contributed by atoms with Crippen molar-refractivity contribution in [1.29, 1.82) is 0 Å². The number of rotatable bonds is 4. The molecule has 0 saturated heterocycles. The van der Waals surface area contributed by atoms with Gasteiger partial charge in [-0.2, -0.15) is 21.6 Å². The van der Waals surface area contributed by atoms with E-state index in [2.05, 4.69) is 14.2 Å². The van der Waals surface area contributed by atoms with E-state index in [1.54, 1.807) is 18.2 Å². The SMILES string of the molecule is O=C(O)c1ccc2nc(OS(=O)(=O)C(F)(F)F)c(N3CCCc4cc(Cl)ccc43)nc2c1. The van der Waals surface area contributed by atoms with Crippen LogP contribution in [0, 0.1) is 0 Å². The van der Waals surface area contributed by atoms with Crippen molar-refractivity contribution in [2.75, 3.05) is 11.4 Å². The van der Waals surface area contributed by atoms with Crippen molar-refractivity contribution in [3.8, 4) is 5.88 Å². The normalized spacial score (nSPS) is 14.3. The van der Waals surface area contributed by atoms with Crippen LogP contribution >= 0.6 is 11.6 Å². The molecular weight excluding hydrogens is 475 g/mol. The van der Waals surface area contributed by atoms with Crippen molar-refractivity contribution in [2.24, 2.45) is 0 Å². The molecule has 0 unspecified atom stereocenters. The number of benzene rings is 2. The molecule has 8 nitrogen and oxygen atoms in total. The molecule has 1 aromatic heterocycles. The Hall–Kier alpha value is -3.12. The van der Waals surface area contributed by atoms with Gasteiger partial charge in [-0.05, 0) is 54.8 Å². The zero-order valence-electron chi connectivity index (χ0n) is 15.9. The molecule has 0 bridgehead atoms. The molecule has 13 heteroatoms. The van der Waals surface area contributed by atoms with Gasteiger partial charge in [-0.25, -0.2) is 14.8 Å². The molecule has 168 valence electrons. The molecule has 1 aliphatic heterocycles. The fourth-order valence-corrected chi connectivity index (χ4v) is 3.94. The Morgan fingerprint density at radius 3 is 2.56 bits per heavy atom. The van der Waals surface area contributed by atoms with Crippen LogP contribution in [0.15, 0.2) is 36.4 Å². The summed E-state index contributed by atoms with van der Waals surface area (Å²) >= 11 is 6.03. The first-order chi connectivity index (χ1) is 15.0. The molecule has 2 aromatic carbocycles. The number of carbonyl (C=O) groups is 1. The summed E-state index contributed by atoms with van der Waals surface area (Å²) in [4.78, 5) is 20.9. The third-order valence-electron chi connectivity index (χ3n) is 4.75. The van der Waals surface area contributed by atoms with E-state index in [-0.39, 0.29) is 29.0 Å². The van der Waals surface area contributed by atoms with Crippen LogP contribution < -0.4 is 9.08 Å². The number of fused-ring (bicyclic) bond motifs is 2. The number of halogens is 4. The maximum Gasteiger partial charge on any atom is 0.534 e. The number of hydrogen-bond donors (Lipinski definition) is 1. The van der Waals surface area contributed by atoms with Gasteiger partial charge >= 0.3 is 21.6 Å². The Morgan fingerprint density at radius 1 is 1.12 bits per heavy atom. The lowest BCUT2D eigenvalue weighted by atomic mass is 10.0. The first-order valence-corrected chi connectivity index (χ1v) is 10.9. The quantitative estimate of drug-likeness (QED) is 0.428. The largest absolute Gasteiger partial charge is 0.534 e. The van der Waals surface area contributed by atoms with Crippen LogP contribution in [-0.4, -0.2) is 41.5 Å². The molecule has 0 fully saturated rings. The second kappa shape index (κ2) is 7.78. The molecule has 0 aliphatic carbocycles. The lowest BCUT2D eigenvalue weighted by Gasteiger charge is -2.31.